The van der Waals surface area contributed by atoms with E-state index in [1.807, 2.05) is 107 Å². The van der Waals surface area contributed by atoms with E-state index in [1.165, 1.54) is 12.1 Å². The van der Waals surface area contributed by atoms with Gasteiger partial charge in [0.05, 0.1) is 38.2 Å². The fourth-order valence-corrected chi connectivity index (χ4v) is 13.7. The maximum atomic E-state index is 13.9. The monoisotopic (exact) mass is 1130 g/mol. The molecule has 4 aliphatic heterocycles. The lowest BCUT2D eigenvalue weighted by molar-refractivity contribution is -0.134. The number of nitrogens with zero attached hydrogens (tertiary/aromatic N) is 2. The molecule has 2 atom stereocenters. The van der Waals surface area contributed by atoms with Crippen molar-refractivity contribution in [2.24, 2.45) is 11.5 Å². The number of halogens is 2. The van der Waals surface area contributed by atoms with E-state index in [4.69, 9.17) is 63.8 Å². The van der Waals surface area contributed by atoms with Crippen molar-refractivity contribution in [1.82, 2.24) is 9.80 Å². The smallest absolute Gasteiger partial charge is 0.328 e. The summed E-state index contributed by atoms with van der Waals surface area (Å²) in [5, 5.41) is 16.3. The van der Waals surface area contributed by atoms with Crippen molar-refractivity contribution in [2.45, 2.75) is 34.5 Å². The molecule has 4 heterocycles. The molecule has 0 radical (unpaired) electrons. The lowest BCUT2D eigenvalue weighted by Crippen LogP contribution is -2.38. The maximum Gasteiger partial charge on any atom is 0.328 e. The van der Waals surface area contributed by atoms with Crippen LogP contribution in [0.15, 0.2) is 189 Å². The van der Waals surface area contributed by atoms with E-state index in [9.17, 15) is 26.4 Å². The second kappa shape index (κ2) is 23.6. The third-order valence-corrected chi connectivity index (χ3v) is 17.6. The van der Waals surface area contributed by atoms with Crippen molar-refractivity contribution in [3.05, 3.63) is 223 Å². The van der Waals surface area contributed by atoms with Crippen LogP contribution in [0.3, 0.4) is 0 Å². The summed E-state index contributed by atoms with van der Waals surface area (Å²) in [7, 11) is -1.48. The second-order valence-corrected chi connectivity index (χ2v) is 22.6. The number of methoxy groups -OCH3 is 4. The summed E-state index contributed by atoms with van der Waals surface area (Å²) in [5.74, 6) is -0.716. The van der Waals surface area contributed by atoms with Crippen LogP contribution in [0.2, 0.25) is 10.0 Å². The molecule has 6 aromatic rings. The van der Waals surface area contributed by atoms with Crippen LogP contribution in [0.25, 0.3) is 11.4 Å². The first-order chi connectivity index (χ1) is 37.3. The van der Waals surface area contributed by atoms with Gasteiger partial charge in [0.2, 0.25) is 19.7 Å². The van der Waals surface area contributed by atoms with Crippen LogP contribution in [0.1, 0.15) is 45.2 Å². The average Bonchev–Trinajstić information content (AvgIpc) is 3.46. The summed E-state index contributed by atoms with van der Waals surface area (Å²) in [4.78, 5) is 23.4. The highest BCUT2D eigenvalue weighted by Crippen LogP contribution is 2.49. The largest absolute Gasteiger partial charge is 0.493 e. The summed E-state index contributed by atoms with van der Waals surface area (Å²) >= 11 is 12.3. The van der Waals surface area contributed by atoms with Gasteiger partial charge in [0.15, 0.2) is 23.0 Å². The summed E-state index contributed by atoms with van der Waals surface area (Å²) in [6.07, 6.45) is 6.42. The minimum atomic E-state index is -3.94. The molecule has 6 aromatic carbocycles. The molecule has 78 heavy (non-hydrogen) atoms. The highest BCUT2D eigenvalue weighted by molar-refractivity contribution is 7.95. The Bertz CT molecular complexity index is 3460. The molecule has 0 aliphatic carbocycles. The summed E-state index contributed by atoms with van der Waals surface area (Å²) in [6, 6.07) is 39.4. The highest BCUT2D eigenvalue weighted by atomic mass is 35.5. The number of hydrogen-bond acceptors (Lipinski definition) is 14. The molecule has 0 saturated carbocycles. The van der Waals surface area contributed by atoms with Crippen LogP contribution in [-0.4, -0.2) is 90.3 Å². The van der Waals surface area contributed by atoms with Crippen molar-refractivity contribution in [2.75, 3.05) is 41.5 Å². The minimum absolute atomic E-state index is 0.115. The van der Waals surface area contributed by atoms with Crippen molar-refractivity contribution in [3.63, 3.8) is 0 Å². The Morgan fingerprint density at radius 3 is 1.19 bits per heavy atom. The minimum Gasteiger partial charge on any atom is -0.493 e. The average molecular weight is 1130 g/mol. The van der Waals surface area contributed by atoms with E-state index >= 15 is 0 Å². The highest BCUT2D eigenvalue weighted by Gasteiger charge is 2.41. The summed E-state index contributed by atoms with van der Waals surface area (Å²) < 4.78 is 77.9. The van der Waals surface area contributed by atoms with Crippen LogP contribution in [-0.2, 0) is 42.1 Å². The molecule has 0 fully saturated rings. The van der Waals surface area contributed by atoms with Gasteiger partial charge in [-0.2, -0.15) is 0 Å². The molecule has 4 aliphatic rings. The third kappa shape index (κ3) is 11.4. The Labute approximate surface area is 462 Å². The van der Waals surface area contributed by atoms with Gasteiger partial charge in [-0.1, -0.05) is 96.0 Å². The molecule has 404 valence electrons. The fraction of sp³-hybridized carbons (Fsp3) is 0.172. The van der Waals surface area contributed by atoms with Gasteiger partial charge in [-0.05, 0) is 108 Å². The molecule has 16 nitrogen and oxygen atoms in total. The lowest BCUT2D eigenvalue weighted by Gasteiger charge is -2.39. The molecule has 20 heteroatoms. The van der Waals surface area contributed by atoms with Gasteiger partial charge >= 0.3 is 11.9 Å². The number of sulfone groups is 2. The zero-order valence-corrected chi connectivity index (χ0v) is 45.7. The first-order valence-electron chi connectivity index (χ1n) is 24.1. The Kier molecular flexibility index (Phi) is 17.0. The van der Waals surface area contributed by atoms with Crippen molar-refractivity contribution in [3.8, 4) is 23.0 Å². The number of benzene rings is 6. The summed E-state index contributed by atoms with van der Waals surface area (Å²) in [5.41, 5.74) is 20.8. The van der Waals surface area contributed by atoms with Gasteiger partial charge in [0.25, 0.3) is 0 Å². The number of aliphatic carboxylic acids is 2. The van der Waals surface area contributed by atoms with E-state index in [0.29, 0.717) is 71.1 Å². The van der Waals surface area contributed by atoms with Gasteiger partial charge in [-0.15, -0.1) is 0 Å². The summed E-state index contributed by atoms with van der Waals surface area (Å²) in [6.45, 7) is 1.08. The number of ether oxygens (including phenoxy) is 4. The lowest BCUT2D eigenvalue weighted by atomic mass is 9.88. The molecule has 0 saturated heterocycles. The van der Waals surface area contributed by atoms with Gasteiger partial charge in [-0.25, -0.2) is 26.4 Å². The van der Waals surface area contributed by atoms with Crippen molar-refractivity contribution < 1.29 is 55.6 Å². The number of carboxylic acid groups (broad SMARTS) is 2. The standard InChI is InChI=1S/2C27H25ClN2O4S.C4H4O4/c2*1-33-24-13-18-11-12-30-23(21(18)16-25(24)34-2)15-22(17-7-4-3-5-8-17)26(27(30)29)35(31,32)20-10-6-9-19(28)14-20;5-3(6)1-2-4(7)8/h2*3-10,13-16,22H,11-12,29H2,1-2H3;1-2H,(H,5,6)(H,7,8)/b;;2-1-. The van der Waals surface area contributed by atoms with Gasteiger partial charge in [0.1, 0.15) is 21.5 Å². The predicted molar refractivity (Wildman–Crippen MR) is 298 cm³/mol. The van der Waals surface area contributed by atoms with Gasteiger partial charge in [0, 0.05) is 69.6 Å². The molecule has 0 bridgehead atoms. The van der Waals surface area contributed by atoms with Crippen LogP contribution in [0.4, 0.5) is 0 Å². The molecule has 0 aromatic heterocycles. The van der Waals surface area contributed by atoms with Crippen molar-refractivity contribution in [1.29, 1.82) is 0 Å². The zero-order chi connectivity index (χ0) is 56.1. The number of hydrogen-bond donors (Lipinski definition) is 4. The molecule has 0 spiro atoms. The predicted octanol–water partition coefficient (Wildman–Crippen LogP) is 9.62. The van der Waals surface area contributed by atoms with Crippen LogP contribution in [0.5, 0.6) is 23.0 Å². The Hall–Kier alpha value is -8.16. The Morgan fingerprint density at radius 1 is 0.526 bits per heavy atom. The van der Waals surface area contributed by atoms with E-state index in [-0.39, 0.29) is 31.2 Å². The Morgan fingerprint density at radius 2 is 0.872 bits per heavy atom. The number of fused-ring (bicyclic) bond motifs is 6. The Balaban J connectivity index is 0.000000181. The molecule has 10 rings (SSSR count). The first-order valence-corrected chi connectivity index (χ1v) is 27.8. The molecule has 6 N–H and O–H groups in total. The molecular formula is C58H54Cl2N4O12S2. The number of allylic oxidation sites excluding steroid dienone is 4. The van der Waals surface area contributed by atoms with Gasteiger partial charge in [-0.3, -0.25) is 0 Å². The molecular weight excluding hydrogens is 1080 g/mol. The number of rotatable bonds is 12. The van der Waals surface area contributed by atoms with Gasteiger partial charge < -0.3 is 50.4 Å². The maximum absolute atomic E-state index is 13.9. The topological polar surface area (TPSA) is 238 Å². The SMILES string of the molecule is COc1cc2c(cc1OC)C1=CC(c3ccccc3)C(S(=O)(=O)c3cccc(Cl)c3)=C(N)N1CC2.COc1cc2c(cc1OC)C1=CC(c3ccccc3)C(S(=O)(=O)c3cccc(Cl)c3)=C(N)N1CC2.O=C(O)/C=C\C(=O)O. The molecule has 2 unspecified atom stereocenters. The number of nitrogens with two attached hydrogens (primary N) is 2. The van der Waals surface area contributed by atoms with Crippen molar-refractivity contribution >= 4 is 66.2 Å². The fourth-order valence-electron chi connectivity index (χ4n) is 9.73. The molecule has 0 amide bonds. The quantitative estimate of drug-likeness (QED) is 0.0834. The van der Waals surface area contributed by atoms with E-state index in [1.54, 1.807) is 64.8 Å². The third-order valence-electron chi connectivity index (χ3n) is 13.3. The normalized spacial score (nSPS) is 16.6. The van der Waals surface area contributed by atoms with E-state index in [0.717, 1.165) is 44.8 Å². The van der Waals surface area contributed by atoms with E-state index in [2.05, 4.69) is 0 Å². The first kappa shape index (κ1) is 56.1. The number of carboxylic acids is 2. The van der Waals surface area contributed by atoms with Crippen LogP contribution < -0.4 is 30.4 Å². The second-order valence-electron chi connectivity index (χ2n) is 17.8. The van der Waals surface area contributed by atoms with Crippen LogP contribution in [0, 0.1) is 0 Å². The van der Waals surface area contributed by atoms with Crippen LogP contribution >= 0.6 is 23.2 Å². The zero-order valence-electron chi connectivity index (χ0n) is 42.6. The number of carbonyl (C=O) groups is 2. The van der Waals surface area contributed by atoms with E-state index < -0.39 is 43.4 Å².